The summed E-state index contributed by atoms with van der Waals surface area (Å²) in [6.07, 6.45) is 5.35. The third-order valence-corrected chi connectivity index (χ3v) is 15.0. The van der Waals surface area contributed by atoms with Gasteiger partial charge in [0.05, 0.1) is 0 Å². The Bertz CT molecular complexity index is 1080. The maximum absolute atomic E-state index is 2.60. The molecule has 0 N–H and O–H groups in total. The van der Waals surface area contributed by atoms with E-state index in [0.29, 0.717) is 11.8 Å². The Labute approximate surface area is 233 Å². The Morgan fingerprint density at radius 3 is 0.895 bits per heavy atom. The molecule has 0 nitrogen and oxygen atoms in total. The first-order chi connectivity index (χ1) is 18.4. The van der Waals surface area contributed by atoms with Gasteiger partial charge in [-0.2, -0.15) is 0 Å². The smallest absolute Gasteiger partial charge is 0.00397 e. The standard InChI is InChI=1S/C36H42P2/c1-35(2,37(29-19-9-5-10-20-29)30-21-11-6-12-22-30)33-27-17-18-28-34(33)36(3,4)38(31-23-13-7-14-24-31)32-25-15-8-16-26-32/h5-16,19-26,33-34H,17-18,27-28H2,1-4H3/t33-,34-/m0/s1. The summed E-state index contributed by atoms with van der Waals surface area (Å²) in [4.78, 5) is 0. The minimum atomic E-state index is -0.511. The molecular formula is C36H42P2. The summed E-state index contributed by atoms with van der Waals surface area (Å²) in [6, 6.07) is 45.5. The molecule has 0 aromatic heterocycles. The van der Waals surface area contributed by atoms with Crippen molar-refractivity contribution in [2.24, 2.45) is 11.8 Å². The Balaban J connectivity index is 1.60. The van der Waals surface area contributed by atoms with Gasteiger partial charge in [-0.25, -0.2) is 0 Å². The van der Waals surface area contributed by atoms with Crippen LogP contribution in [0, 0.1) is 11.8 Å². The minimum Gasteiger partial charge on any atom is -0.0622 e. The van der Waals surface area contributed by atoms with E-state index >= 15 is 0 Å². The molecule has 0 bridgehead atoms. The van der Waals surface area contributed by atoms with E-state index in [1.54, 1.807) is 0 Å². The van der Waals surface area contributed by atoms with Crippen LogP contribution in [0.25, 0.3) is 0 Å². The lowest BCUT2D eigenvalue weighted by atomic mass is 9.68. The molecule has 0 unspecified atom stereocenters. The summed E-state index contributed by atoms with van der Waals surface area (Å²) in [5.41, 5.74) is 0. The van der Waals surface area contributed by atoms with Gasteiger partial charge in [0, 0.05) is 0 Å². The van der Waals surface area contributed by atoms with Gasteiger partial charge in [-0.3, -0.25) is 0 Å². The van der Waals surface area contributed by atoms with Gasteiger partial charge < -0.3 is 0 Å². The fraction of sp³-hybridized carbons (Fsp3) is 0.333. The predicted molar refractivity (Wildman–Crippen MR) is 172 cm³/mol. The predicted octanol–water partition coefficient (Wildman–Crippen LogP) is 8.62. The highest BCUT2D eigenvalue weighted by molar-refractivity contribution is 7.75. The van der Waals surface area contributed by atoms with Gasteiger partial charge in [0.2, 0.25) is 0 Å². The van der Waals surface area contributed by atoms with Gasteiger partial charge >= 0.3 is 0 Å². The van der Waals surface area contributed by atoms with Crippen LogP contribution >= 0.6 is 15.8 Å². The quantitative estimate of drug-likeness (QED) is 0.198. The van der Waals surface area contributed by atoms with Crippen molar-refractivity contribution in [1.29, 1.82) is 0 Å². The van der Waals surface area contributed by atoms with E-state index in [1.165, 1.54) is 46.9 Å². The van der Waals surface area contributed by atoms with Crippen LogP contribution in [0.3, 0.4) is 0 Å². The maximum atomic E-state index is 2.60. The van der Waals surface area contributed by atoms with Crippen LogP contribution < -0.4 is 21.2 Å². The highest BCUT2D eigenvalue weighted by atomic mass is 31.1. The Morgan fingerprint density at radius 1 is 0.421 bits per heavy atom. The lowest BCUT2D eigenvalue weighted by Gasteiger charge is -2.54. The van der Waals surface area contributed by atoms with Crippen molar-refractivity contribution in [1.82, 2.24) is 0 Å². The summed E-state index contributed by atoms with van der Waals surface area (Å²) < 4.78 is 0. The van der Waals surface area contributed by atoms with Gasteiger partial charge in [0.1, 0.15) is 0 Å². The third kappa shape index (κ3) is 5.55. The van der Waals surface area contributed by atoms with E-state index in [9.17, 15) is 0 Å². The molecule has 1 fully saturated rings. The van der Waals surface area contributed by atoms with E-state index in [-0.39, 0.29) is 10.3 Å². The Kier molecular flexibility index (Phi) is 8.53. The van der Waals surface area contributed by atoms with Crippen molar-refractivity contribution in [3.63, 3.8) is 0 Å². The summed E-state index contributed by atoms with van der Waals surface area (Å²) in [5.74, 6) is 1.32. The molecule has 0 amide bonds. The fourth-order valence-corrected chi connectivity index (χ4v) is 13.5. The summed E-state index contributed by atoms with van der Waals surface area (Å²) in [6.45, 7) is 10.4. The van der Waals surface area contributed by atoms with E-state index in [4.69, 9.17) is 0 Å². The van der Waals surface area contributed by atoms with E-state index in [1.807, 2.05) is 0 Å². The molecule has 0 saturated heterocycles. The first-order valence-corrected chi connectivity index (χ1v) is 16.9. The van der Waals surface area contributed by atoms with Crippen molar-refractivity contribution in [2.75, 3.05) is 0 Å². The molecule has 0 heterocycles. The molecule has 38 heavy (non-hydrogen) atoms. The number of benzene rings is 4. The molecule has 1 aliphatic rings. The number of hydrogen-bond acceptors (Lipinski definition) is 0. The fourth-order valence-electron chi connectivity index (χ4n) is 7.09. The van der Waals surface area contributed by atoms with Crippen molar-refractivity contribution < 1.29 is 0 Å². The average molecular weight is 537 g/mol. The van der Waals surface area contributed by atoms with Crippen LogP contribution in [-0.2, 0) is 0 Å². The van der Waals surface area contributed by atoms with Crippen LogP contribution in [0.2, 0.25) is 0 Å². The second-order valence-electron chi connectivity index (χ2n) is 11.8. The third-order valence-electron chi connectivity index (χ3n) is 8.79. The lowest BCUT2D eigenvalue weighted by molar-refractivity contribution is 0.163. The van der Waals surface area contributed by atoms with Crippen molar-refractivity contribution in [3.05, 3.63) is 121 Å². The van der Waals surface area contributed by atoms with Crippen molar-refractivity contribution in [2.45, 2.75) is 63.7 Å². The Hall–Kier alpha value is -2.26. The molecule has 0 radical (unpaired) electrons. The zero-order chi connectivity index (χ0) is 26.6. The van der Waals surface area contributed by atoms with Gasteiger partial charge in [0.15, 0.2) is 0 Å². The minimum absolute atomic E-state index is 0.175. The van der Waals surface area contributed by atoms with Crippen LogP contribution in [0.4, 0.5) is 0 Å². The van der Waals surface area contributed by atoms with Crippen LogP contribution in [-0.4, -0.2) is 10.3 Å². The topological polar surface area (TPSA) is 0 Å². The normalized spacial score (nSPS) is 18.6. The molecule has 0 spiro atoms. The highest BCUT2D eigenvalue weighted by Crippen LogP contribution is 2.63. The van der Waals surface area contributed by atoms with Crippen LogP contribution in [0.1, 0.15) is 53.4 Å². The molecular weight excluding hydrogens is 494 g/mol. The van der Waals surface area contributed by atoms with Gasteiger partial charge in [0.25, 0.3) is 0 Å². The second-order valence-corrected chi connectivity index (χ2v) is 17.5. The zero-order valence-electron chi connectivity index (χ0n) is 23.4. The molecule has 2 heteroatoms. The SMILES string of the molecule is CC(C)([C@H]1CCCC[C@@H]1C(C)(C)P(c1ccccc1)c1ccccc1)P(c1ccccc1)c1ccccc1. The molecule has 5 rings (SSSR count). The first kappa shape index (κ1) is 27.3. The molecule has 2 atom stereocenters. The second kappa shape index (κ2) is 11.9. The van der Waals surface area contributed by atoms with Gasteiger partial charge in [-0.05, 0) is 72.1 Å². The molecule has 1 aliphatic carbocycles. The molecule has 4 aromatic carbocycles. The lowest BCUT2D eigenvalue weighted by Crippen LogP contribution is -2.49. The summed E-state index contributed by atoms with van der Waals surface area (Å²) in [5, 5.41) is 6.38. The van der Waals surface area contributed by atoms with E-state index < -0.39 is 15.8 Å². The monoisotopic (exact) mass is 536 g/mol. The maximum Gasteiger partial charge on any atom is -0.00397 e. The van der Waals surface area contributed by atoms with Gasteiger partial charge in [-0.15, -0.1) is 0 Å². The van der Waals surface area contributed by atoms with Gasteiger partial charge in [-0.1, -0.05) is 162 Å². The van der Waals surface area contributed by atoms with Crippen LogP contribution in [0.15, 0.2) is 121 Å². The zero-order valence-corrected chi connectivity index (χ0v) is 25.2. The Morgan fingerprint density at radius 2 is 0.658 bits per heavy atom. The number of rotatable bonds is 8. The summed E-state index contributed by atoms with van der Waals surface area (Å²) in [7, 11) is -1.02. The molecule has 4 aromatic rings. The average Bonchev–Trinajstić information content (AvgIpc) is 2.95. The van der Waals surface area contributed by atoms with Crippen molar-refractivity contribution in [3.8, 4) is 0 Å². The first-order valence-electron chi connectivity index (χ1n) is 14.2. The van der Waals surface area contributed by atoms with E-state index in [2.05, 4.69) is 149 Å². The molecule has 196 valence electrons. The van der Waals surface area contributed by atoms with E-state index in [0.717, 1.165) is 0 Å². The molecule has 1 saturated carbocycles. The molecule has 0 aliphatic heterocycles. The highest BCUT2D eigenvalue weighted by Gasteiger charge is 2.50. The summed E-state index contributed by atoms with van der Waals surface area (Å²) >= 11 is 0. The number of hydrogen-bond donors (Lipinski definition) is 0. The largest absolute Gasteiger partial charge is 0.0622 e. The van der Waals surface area contributed by atoms with Crippen molar-refractivity contribution >= 4 is 37.1 Å². The van der Waals surface area contributed by atoms with Crippen LogP contribution in [0.5, 0.6) is 0 Å².